The number of hydrogen-bond acceptors (Lipinski definition) is 5. The highest BCUT2D eigenvalue weighted by Gasteiger charge is 2.18. The molecule has 6 heteroatoms. The number of carbonyl (C=O) groups excluding carboxylic acids is 2. The SMILES string of the molecule is CCOCCCNCC(NC(C)=O)C(=O)OC. The van der Waals surface area contributed by atoms with Crippen molar-refractivity contribution < 1.29 is 19.1 Å². The lowest BCUT2D eigenvalue weighted by Crippen LogP contribution is -2.47. The van der Waals surface area contributed by atoms with Crippen molar-refractivity contribution >= 4 is 11.9 Å². The third kappa shape index (κ3) is 8.65. The van der Waals surface area contributed by atoms with Gasteiger partial charge in [-0.15, -0.1) is 0 Å². The van der Waals surface area contributed by atoms with Crippen LogP contribution in [-0.2, 0) is 19.1 Å². The van der Waals surface area contributed by atoms with Gasteiger partial charge in [-0.2, -0.15) is 0 Å². The quantitative estimate of drug-likeness (QED) is 0.431. The van der Waals surface area contributed by atoms with Crippen molar-refractivity contribution in [3.8, 4) is 0 Å². The van der Waals surface area contributed by atoms with E-state index in [2.05, 4.69) is 15.4 Å². The maximum absolute atomic E-state index is 11.3. The molecule has 0 aliphatic carbocycles. The summed E-state index contributed by atoms with van der Waals surface area (Å²) in [6, 6.07) is -0.635. The highest BCUT2D eigenvalue weighted by molar-refractivity contribution is 5.83. The third-order valence-electron chi connectivity index (χ3n) is 2.06. The number of esters is 1. The molecule has 100 valence electrons. The molecular formula is C11H22N2O4. The van der Waals surface area contributed by atoms with Crippen LogP contribution in [0.2, 0.25) is 0 Å². The maximum atomic E-state index is 11.3. The van der Waals surface area contributed by atoms with Crippen molar-refractivity contribution in [2.24, 2.45) is 0 Å². The van der Waals surface area contributed by atoms with E-state index in [0.717, 1.165) is 13.0 Å². The Balaban J connectivity index is 3.76. The Kier molecular flexibility index (Phi) is 9.37. The van der Waals surface area contributed by atoms with Crippen LogP contribution in [-0.4, -0.2) is 51.3 Å². The monoisotopic (exact) mass is 246 g/mol. The summed E-state index contributed by atoms with van der Waals surface area (Å²) in [7, 11) is 1.30. The maximum Gasteiger partial charge on any atom is 0.329 e. The molecule has 0 saturated heterocycles. The first-order valence-electron chi connectivity index (χ1n) is 5.75. The summed E-state index contributed by atoms with van der Waals surface area (Å²) in [4.78, 5) is 22.2. The van der Waals surface area contributed by atoms with Gasteiger partial charge >= 0.3 is 5.97 Å². The van der Waals surface area contributed by atoms with Crippen LogP contribution in [0.1, 0.15) is 20.3 Å². The van der Waals surface area contributed by atoms with Crippen molar-refractivity contribution in [2.75, 3.05) is 33.4 Å². The summed E-state index contributed by atoms with van der Waals surface area (Å²) in [6.07, 6.45) is 0.863. The second kappa shape index (κ2) is 10.0. The summed E-state index contributed by atoms with van der Waals surface area (Å²) in [5.41, 5.74) is 0. The molecule has 0 heterocycles. The molecule has 0 spiro atoms. The first kappa shape index (κ1) is 15.9. The average molecular weight is 246 g/mol. The summed E-state index contributed by atoms with van der Waals surface area (Å²) < 4.78 is 9.76. The van der Waals surface area contributed by atoms with E-state index in [1.807, 2.05) is 6.92 Å². The van der Waals surface area contributed by atoms with Gasteiger partial charge in [0.2, 0.25) is 5.91 Å². The number of ether oxygens (including phenoxy) is 2. The predicted molar refractivity (Wildman–Crippen MR) is 63.6 cm³/mol. The number of nitrogens with one attached hydrogen (secondary N) is 2. The Morgan fingerprint density at radius 1 is 1.35 bits per heavy atom. The minimum absolute atomic E-state index is 0.253. The topological polar surface area (TPSA) is 76.7 Å². The second-order valence-corrected chi connectivity index (χ2v) is 3.53. The number of hydrogen-bond donors (Lipinski definition) is 2. The van der Waals surface area contributed by atoms with Crippen molar-refractivity contribution in [1.29, 1.82) is 0 Å². The highest BCUT2D eigenvalue weighted by atomic mass is 16.5. The molecule has 0 fully saturated rings. The van der Waals surface area contributed by atoms with Crippen LogP contribution >= 0.6 is 0 Å². The lowest BCUT2D eigenvalue weighted by molar-refractivity contribution is -0.144. The molecule has 2 N–H and O–H groups in total. The minimum Gasteiger partial charge on any atom is -0.467 e. The van der Waals surface area contributed by atoms with Crippen molar-refractivity contribution in [3.63, 3.8) is 0 Å². The smallest absolute Gasteiger partial charge is 0.329 e. The third-order valence-corrected chi connectivity index (χ3v) is 2.06. The van der Waals surface area contributed by atoms with E-state index in [1.54, 1.807) is 0 Å². The fraction of sp³-hybridized carbons (Fsp3) is 0.818. The molecule has 1 atom stereocenters. The minimum atomic E-state index is -0.635. The van der Waals surface area contributed by atoms with E-state index >= 15 is 0 Å². The van der Waals surface area contributed by atoms with Crippen LogP contribution < -0.4 is 10.6 Å². The summed E-state index contributed by atoms with van der Waals surface area (Å²) in [5.74, 6) is -0.700. The molecule has 0 radical (unpaired) electrons. The average Bonchev–Trinajstić information content (AvgIpc) is 2.30. The first-order chi connectivity index (χ1) is 8.11. The zero-order valence-electron chi connectivity index (χ0n) is 10.7. The van der Waals surface area contributed by atoms with Crippen LogP contribution in [0.15, 0.2) is 0 Å². The predicted octanol–water partition coefficient (Wildman–Crippen LogP) is -0.320. The Morgan fingerprint density at radius 3 is 2.59 bits per heavy atom. The first-order valence-corrected chi connectivity index (χ1v) is 5.75. The van der Waals surface area contributed by atoms with E-state index in [1.165, 1.54) is 14.0 Å². The van der Waals surface area contributed by atoms with Gasteiger partial charge in [0.25, 0.3) is 0 Å². The van der Waals surface area contributed by atoms with Crippen molar-refractivity contribution in [3.05, 3.63) is 0 Å². The molecule has 0 aromatic rings. The van der Waals surface area contributed by atoms with Gasteiger partial charge in [-0.05, 0) is 19.9 Å². The summed E-state index contributed by atoms with van der Waals surface area (Å²) >= 11 is 0. The Hall–Kier alpha value is -1.14. The van der Waals surface area contributed by atoms with Crippen molar-refractivity contribution in [2.45, 2.75) is 26.3 Å². The molecule has 0 aromatic carbocycles. The molecule has 0 aromatic heterocycles. The van der Waals surface area contributed by atoms with Gasteiger partial charge in [0, 0.05) is 26.7 Å². The largest absolute Gasteiger partial charge is 0.467 e. The number of carbonyl (C=O) groups is 2. The standard InChI is InChI=1S/C11H22N2O4/c1-4-17-7-5-6-12-8-10(11(15)16-3)13-9(2)14/h10,12H,4-8H2,1-3H3,(H,13,14). The zero-order chi connectivity index (χ0) is 13.1. The van der Waals surface area contributed by atoms with Crippen LogP contribution in [0, 0.1) is 0 Å². The van der Waals surface area contributed by atoms with E-state index in [9.17, 15) is 9.59 Å². The van der Waals surface area contributed by atoms with E-state index in [0.29, 0.717) is 19.8 Å². The van der Waals surface area contributed by atoms with Crippen molar-refractivity contribution in [1.82, 2.24) is 10.6 Å². The van der Waals surface area contributed by atoms with Gasteiger partial charge in [0.1, 0.15) is 6.04 Å². The van der Waals surface area contributed by atoms with E-state index in [-0.39, 0.29) is 5.91 Å². The van der Waals surface area contributed by atoms with Gasteiger partial charge in [0.05, 0.1) is 7.11 Å². The molecule has 1 amide bonds. The van der Waals surface area contributed by atoms with Crippen LogP contribution in [0.5, 0.6) is 0 Å². The fourth-order valence-corrected chi connectivity index (χ4v) is 1.27. The van der Waals surface area contributed by atoms with Crippen LogP contribution in [0.25, 0.3) is 0 Å². The lowest BCUT2D eigenvalue weighted by atomic mass is 10.3. The highest BCUT2D eigenvalue weighted by Crippen LogP contribution is 1.88. The van der Waals surface area contributed by atoms with Gasteiger partial charge in [-0.3, -0.25) is 4.79 Å². The normalized spacial score (nSPS) is 11.9. The zero-order valence-corrected chi connectivity index (χ0v) is 10.7. The molecule has 0 rings (SSSR count). The number of amides is 1. The van der Waals surface area contributed by atoms with Crippen LogP contribution in [0.4, 0.5) is 0 Å². The van der Waals surface area contributed by atoms with Gasteiger partial charge in [-0.25, -0.2) is 4.79 Å². The Bertz CT molecular complexity index is 234. The molecule has 17 heavy (non-hydrogen) atoms. The molecule has 0 aliphatic heterocycles. The molecule has 6 nitrogen and oxygen atoms in total. The molecule has 0 saturated carbocycles. The molecule has 0 bridgehead atoms. The van der Waals surface area contributed by atoms with Crippen LogP contribution in [0.3, 0.4) is 0 Å². The Labute approximate surface area is 102 Å². The van der Waals surface area contributed by atoms with E-state index in [4.69, 9.17) is 4.74 Å². The molecule has 1 unspecified atom stereocenters. The van der Waals surface area contributed by atoms with E-state index < -0.39 is 12.0 Å². The van der Waals surface area contributed by atoms with Gasteiger partial charge < -0.3 is 20.1 Å². The summed E-state index contributed by atoms with van der Waals surface area (Å²) in [5, 5.41) is 5.59. The lowest BCUT2D eigenvalue weighted by Gasteiger charge is -2.16. The molecule has 0 aliphatic rings. The van der Waals surface area contributed by atoms with Gasteiger partial charge in [0.15, 0.2) is 0 Å². The fourth-order valence-electron chi connectivity index (χ4n) is 1.27. The number of methoxy groups -OCH3 is 1. The second-order valence-electron chi connectivity index (χ2n) is 3.53. The Morgan fingerprint density at radius 2 is 2.06 bits per heavy atom. The van der Waals surface area contributed by atoms with Gasteiger partial charge in [-0.1, -0.05) is 0 Å². The summed E-state index contributed by atoms with van der Waals surface area (Å²) in [6.45, 7) is 5.79. The number of rotatable bonds is 9. The molecular weight excluding hydrogens is 224 g/mol.